The van der Waals surface area contributed by atoms with E-state index in [0.717, 1.165) is 27.3 Å². The minimum absolute atomic E-state index is 0.132. The van der Waals surface area contributed by atoms with E-state index in [1.165, 1.54) is 23.8 Å². The molecule has 2 aromatic carbocycles. The molecule has 2 aromatic rings. The van der Waals surface area contributed by atoms with Gasteiger partial charge in [0.05, 0.1) is 18.0 Å². The van der Waals surface area contributed by atoms with Crippen LogP contribution >= 0.6 is 0 Å². The monoisotopic (exact) mass is 420 g/mol. The van der Waals surface area contributed by atoms with Gasteiger partial charge in [-0.05, 0) is 68.5 Å². The zero-order valence-corrected chi connectivity index (χ0v) is 18.6. The van der Waals surface area contributed by atoms with E-state index in [1.807, 2.05) is 33.8 Å². The van der Waals surface area contributed by atoms with E-state index in [-0.39, 0.29) is 18.2 Å². The predicted molar refractivity (Wildman–Crippen MR) is 115 cm³/mol. The van der Waals surface area contributed by atoms with Gasteiger partial charge in [0.25, 0.3) is 0 Å². The molecule has 0 aromatic heterocycles. The molecule has 0 bridgehead atoms. The Balaban J connectivity index is 2.38. The molecule has 5 nitrogen and oxygen atoms in total. The number of carbonyl (C=O) groups excluding carboxylic acids is 1. The Morgan fingerprint density at radius 1 is 1.10 bits per heavy atom. The van der Waals surface area contributed by atoms with Crippen molar-refractivity contribution >= 4 is 21.6 Å². The van der Waals surface area contributed by atoms with Crippen molar-refractivity contribution in [2.24, 2.45) is 0 Å². The van der Waals surface area contributed by atoms with Crippen LogP contribution in [0.4, 0.5) is 10.1 Å². The van der Waals surface area contributed by atoms with Gasteiger partial charge in [-0.25, -0.2) is 12.8 Å². The summed E-state index contributed by atoms with van der Waals surface area (Å²) in [5, 5.41) is 2.91. The number of amides is 1. The van der Waals surface area contributed by atoms with E-state index in [1.54, 1.807) is 13.0 Å². The number of halogens is 1. The summed E-state index contributed by atoms with van der Waals surface area (Å²) in [5.41, 5.74) is 4.16. The fourth-order valence-corrected chi connectivity index (χ4v) is 4.71. The van der Waals surface area contributed by atoms with Gasteiger partial charge in [-0.3, -0.25) is 9.10 Å². The number of nitrogens with zero attached hydrogens (tertiary/aromatic N) is 1. The van der Waals surface area contributed by atoms with E-state index in [4.69, 9.17) is 0 Å². The van der Waals surface area contributed by atoms with E-state index >= 15 is 0 Å². The van der Waals surface area contributed by atoms with E-state index in [9.17, 15) is 17.6 Å². The Kier molecular flexibility index (Phi) is 7.06. The Labute approximate surface area is 173 Å². The molecule has 7 heteroatoms. The van der Waals surface area contributed by atoms with Gasteiger partial charge in [0.2, 0.25) is 15.9 Å². The van der Waals surface area contributed by atoms with E-state index in [2.05, 4.69) is 11.4 Å². The smallest absolute Gasteiger partial charge is 0.244 e. The maximum atomic E-state index is 14.4. The maximum absolute atomic E-state index is 14.4. The SMILES string of the molecule is CC[C@@H](C(=O)N[C@H](C)c1cc(C)c(C)cc1C)N(c1ccccc1F)S(C)(=O)=O. The minimum atomic E-state index is -3.89. The van der Waals surface area contributed by atoms with Gasteiger partial charge < -0.3 is 5.32 Å². The molecule has 0 fully saturated rings. The topological polar surface area (TPSA) is 66.5 Å². The zero-order chi connectivity index (χ0) is 21.9. The fourth-order valence-electron chi connectivity index (χ4n) is 3.50. The number of hydrogen-bond acceptors (Lipinski definition) is 3. The first-order chi connectivity index (χ1) is 13.5. The summed E-state index contributed by atoms with van der Waals surface area (Å²) in [6.07, 6.45) is 1.18. The number of rotatable bonds is 7. The largest absolute Gasteiger partial charge is 0.348 e. The average molecular weight is 421 g/mol. The lowest BCUT2D eigenvalue weighted by molar-refractivity contribution is -0.122. The number of hydrogen-bond donors (Lipinski definition) is 1. The van der Waals surface area contributed by atoms with Crippen molar-refractivity contribution in [2.45, 2.75) is 53.1 Å². The minimum Gasteiger partial charge on any atom is -0.348 e. The van der Waals surface area contributed by atoms with Crippen LogP contribution in [0, 0.1) is 26.6 Å². The van der Waals surface area contributed by atoms with E-state index in [0.29, 0.717) is 0 Å². The van der Waals surface area contributed by atoms with Crippen molar-refractivity contribution in [1.82, 2.24) is 5.32 Å². The summed E-state index contributed by atoms with van der Waals surface area (Å²) in [7, 11) is -3.89. The molecule has 2 atom stereocenters. The van der Waals surface area contributed by atoms with Crippen LogP contribution in [-0.4, -0.2) is 26.6 Å². The molecule has 1 amide bonds. The number of sulfonamides is 1. The van der Waals surface area contributed by atoms with Crippen molar-refractivity contribution in [1.29, 1.82) is 0 Å². The maximum Gasteiger partial charge on any atom is 0.244 e. The third-order valence-corrected chi connectivity index (χ3v) is 6.29. The summed E-state index contributed by atoms with van der Waals surface area (Å²) in [6, 6.07) is 8.28. The van der Waals surface area contributed by atoms with Crippen LogP contribution in [0.25, 0.3) is 0 Å². The van der Waals surface area contributed by atoms with Crippen molar-refractivity contribution in [3.8, 4) is 0 Å². The van der Waals surface area contributed by atoms with Gasteiger partial charge in [0.1, 0.15) is 11.9 Å². The van der Waals surface area contributed by atoms with Crippen LogP contribution in [0.5, 0.6) is 0 Å². The first kappa shape index (κ1) is 22.9. The first-order valence-electron chi connectivity index (χ1n) is 9.59. The third kappa shape index (κ3) is 5.15. The summed E-state index contributed by atoms with van der Waals surface area (Å²) < 4.78 is 40.1. The second-order valence-electron chi connectivity index (χ2n) is 7.46. The molecule has 0 aliphatic heterocycles. The normalized spacial score (nSPS) is 13.6. The van der Waals surface area contributed by atoms with Gasteiger partial charge in [0.15, 0.2) is 0 Å². The molecule has 2 rings (SSSR count). The Morgan fingerprint density at radius 2 is 1.69 bits per heavy atom. The number of anilines is 1. The molecule has 0 aliphatic rings. The second kappa shape index (κ2) is 8.95. The summed E-state index contributed by atoms with van der Waals surface area (Å²) in [6.45, 7) is 9.57. The van der Waals surface area contributed by atoms with Gasteiger partial charge >= 0.3 is 0 Å². The van der Waals surface area contributed by atoms with Gasteiger partial charge in [-0.15, -0.1) is 0 Å². The number of benzene rings is 2. The van der Waals surface area contributed by atoms with Crippen LogP contribution in [0.3, 0.4) is 0 Å². The van der Waals surface area contributed by atoms with Crippen molar-refractivity contribution in [3.05, 3.63) is 64.5 Å². The van der Waals surface area contributed by atoms with Crippen LogP contribution in [0.1, 0.15) is 48.6 Å². The lowest BCUT2D eigenvalue weighted by Crippen LogP contribution is -2.50. The quantitative estimate of drug-likeness (QED) is 0.731. The van der Waals surface area contributed by atoms with Crippen molar-refractivity contribution in [3.63, 3.8) is 0 Å². The molecule has 158 valence electrons. The Bertz CT molecular complexity index is 1010. The molecule has 0 radical (unpaired) electrons. The molecule has 0 saturated carbocycles. The molecule has 1 N–H and O–H groups in total. The number of carbonyl (C=O) groups is 1. The Hall–Kier alpha value is -2.41. The molecular weight excluding hydrogens is 391 g/mol. The molecule has 0 saturated heterocycles. The average Bonchev–Trinajstić information content (AvgIpc) is 2.62. The number of para-hydroxylation sites is 1. The highest BCUT2D eigenvalue weighted by atomic mass is 32.2. The van der Waals surface area contributed by atoms with Crippen molar-refractivity contribution < 1.29 is 17.6 Å². The molecule has 0 unspecified atom stereocenters. The molecule has 29 heavy (non-hydrogen) atoms. The Morgan fingerprint density at radius 3 is 2.24 bits per heavy atom. The highest BCUT2D eigenvalue weighted by Crippen LogP contribution is 2.27. The lowest BCUT2D eigenvalue weighted by atomic mass is 9.96. The van der Waals surface area contributed by atoms with Crippen molar-refractivity contribution in [2.75, 3.05) is 10.6 Å². The zero-order valence-electron chi connectivity index (χ0n) is 17.8. The highest BCUT2D eigenvalue weighted by Gasteiger charge is 2.33. The lowest BCUT2D eigenvalue weighted by Gasteiger charge is -2.31. The van der Waals surface area contributed by atoms with Crippen LogP contribution < -0.4 is 9.62 Å². The highest BCUT2D eigenvalue weighted by molar-refractivity contribution is 7.92. The second-order valence-corrected chi connectivity index (χ2v) is 9.32. The summed E-state index contributed by atoms with van der Waals surface area (Å²) in [5.74, 6) is -1.16. The molecular formula is C22H29FN2O3S. The number of nitrogens with one attached hydrogen (secondary N) is 1. The van der Waals surface area contributed by atoms with Crippen LogP contribution in [-0.2, 0) is 14.8 Å². The van der Waals surface area contributed by atoms with Gasteiger partial charge in [0, 0.05) is 0 Å². The molecule has 0 spiro atoms. The predicted octanol–water partition coefficient (Wildman–Crippen LogP) is 4.17. The number of aryl methyl sites for hydroxylation is 3. The molecule has 0 heterocycles. The van der Waals surface area contributed by atoms with Crippen LogP contribution in [0.2, 0.25) is 0 Å². The summed E-state index contributed by atoms with van der Waals surface area (Å²) >= 11 is 0. The van der Waals surface area contributed by atoms with Gasteiger partial charge in [-0.2, -0.15) is 0 Å². The standard InChI is InChI=1S/C22H29FN2O3S/c1-7-20(25(29(6,27)28)21-11-9-8-10-19(21)23)22(26)24-17(5)18-13-15(3)14(2)12-16(18)4/h8-13,17,20H,7H2,1-6H3,(H,24,26)/t17-,20+/m1/s1. The van der Waals surface area contributed by atoms with Crippen LogP contribution in [0.15, 0.2) is 36.4 Å². The van der Waals surface area contributed by atoms with E-state index < -0.39 is 27.8 Å². The fraction of sp³-hybridized carbons (Fsp3) is 0.409. The summed E-state index contributed by atoms with van der Waals surface area (Å²) in [4.78, 5) is 13.1. The van der Waals surface area contributed by atoms with Gasteiger partial charge in [-0.1, -0.05) is 31.2 Å². The molecule has 0 aliphatic carbocycles. The first-order valence-corrected chi connectivity index (χ1v) is 11.4. The third-order valence-electron chi connectivity index (χ3n) is 5.13.